The molecular formula is C18H15FN4O2S3. The lowest BCUT2D eigenvalue weighted by atomic mass is 10.1. The van der Waals surface area contributed by atoms with E-state index >= 15 is 0 Å². The molecule has 0 spiro atoms. The molecule has 2 amide bonds. The highest BCUT2D eigenvalue weighted by atomic mass is 32.2. The number of rotatable bonds is 6. The Labute approximate surface area is 172 Å². The minimum Gasteiger partial charge on any atom is -0.312 e. The summed E-state index contributed by atoms with van der Waals surface area (Å²) in [5.74, 6) is -0.457. The summed E-state index contributed by atoms with van der Waals surface area (Å²) in [5.41, 5.74) is 0.588. The second kappa shape index (κ2) is 8.38. The van der Waals surface area contributed by atoms with Crippen LogP contribution in [0, 0.1) is 11.7 Å². The molecule has 0 saturated carbocycles. The molecule has 10 heteroatoms. The summed E-state index contributed by atoms with van der Waals surface area (Å²) >= 11 is 4.57. The highest BCUT2D eigenvalue weighted by Gasteiger charge is 2.35. The SMILES string of the molecule is O=C(Nc1nnc(SCc2cccs2)s1)C1CC(=O)N(c2ccc(F)cc2)C1. The maximum atomic E-state index is 13.1. The predicted octanol–water partition coefficient (Wildman–Crippen LogP) is 4.02. The first-order chi connectivity index (χ1) is 13.6. The van der Waals surface area contributed by atoms with Gasteiger partial charge in [-0.15, -0.1) is 21.5 Å². The summed E-state index contributed by atoms with van der Waals surface area (Å²) in [6.07, 6.45) is 0.113. The Morgan fingerprint density at radius 1 is 1.29 bits per heavy atom. The topological polar surface area (TPSA) is 75.2 Å². The van der Waals surface area contributed by atoms with E-state index in [4.69, 9.17) is 0 Å². The number of halogens is 1. The van der Waals surface area contributed by atoms with Crippen molar-refractivity contribution in [3.8, 4) is 0 Å². The molecule has 1 aromatic carbocycles. The van der Waals surface area contributed by atoms with Crippen molar-refractivity contribution in [2.45, 2.75) is 16.5 Å². The number of carbonyl (C=O) groups excluding carboxylic acids is 2. The lowest BCUT2D eigenvalue weighted by Gasteiger charge is -2.16. The monoisotopic (exact) mass is 434 g/mol. The van der Waals surface area contributed by atoms with Crippen molar-refractivity contribution in [1.82, 2.24) is 10.2 Å². The second-order valence-electron chi connectivity index (χ2n) is 6.11. The molecule has 2 aromatic heterocycles. The third-order valence-electron chi connectivity index (χ3n) is 4.19. The first-order valence-corrected chi connectivity index (χ1v) is 11.1. The Morgan fingerprint density at radius 2 is 2.11 bits per heavy atom. The van der Waals surface area contributed by atoms with Crippen LogP contribution in [0.15, 0.2) is 46.1 Å². The molecule has 1 N–H and O–H groups in total. The van der Waals surface area contributed by atoms with Gasteiger partial charge in [-0.05, 0) is 35.7 Å². The Morgan fingerprint density at radius 3 is 2.86 bits per heavy atom. The van der Waals surface area contributed by atoms with Gasteiger partial charge in [-0.2, -0.15) is 0 Å². The van der Waals surface area contributed by atoms with Gasteiger partial charge in [-0.3, -0.25) is 9.59 Å². The van der Waals surface area contributed by atoms with Gasteiger partial charge in [0.05, 0.1) is 5.92 Å². The molecule has 3 heterocycles. The quantitative estimate of drug-likeness (QED) is 0.468. The molecule has 28 heavy (non-hydrogen) atoms. The minimum atomic E-state index is -0.483. The summed E-state index contributed by atoms with van der Waals surface area (Å²) in [7, 11) is 0. The lowest BCUT2D eigenvalue weighted by Crippen LogP contribution is -2.28. The van der Waals surface area contributed by atoms with E-state index in [1.54, 1.807) is 23.1 Å². The Balaban J connectivity index is 1.34. The van der Waals surface area contributed by atoms with Crippen LogP contribution in [0.2, 0.25) is 0 Å². The van der Waals surface area contributed by atoms with E-state index in [9.17, 15) is 14.0 Å². The Kier molecular flexibility index (Phi) is 5.69. The van der Waals surface area contributed by atoms with Crippen molar-refractivity contribution in [1.29, 1.82) is 0 Å². The average molecular weight is 435 g/mol. The smallest absolute Gasteiger partial charge is 0.231 e. The first kappa shape index (κ1) is 19.0. The van der Waals surface area contributed by atoms with Crippen LogP contribution >= 0.6 is 34.4 Å². The van der Waals surface area contributed by atoms with E-state index < -0.39 is 5.92 Å². The van der Waals surface area contributed by atoms with Gasteiger partial charge in [-0.25, -0.2) is 4.39 Å². The van der Waals surface area contributed by atoms with Crippen LogP contribution in [-0.2, 0) is 15.3 Å². The average Bonchev–Trinajstić information content (AvgIpc) is 3.42. The van der Waals surface area contributed by atoms with Crippen LogP contribution in [0.5, 0.6) is 0 Å². The minimum absolute atomic E-state index is 0.113. The summed E-state index contributed by atoms with van der Waals surface area (Å²) in [6.45, 7) is 0.259. The molecular weight excluding hydrogens is 419 g/mol. The van der Waals surface area contributed by atoms with E-state index in [2.05, 4.69) is 21.6 Å². The molecule has 1 unspecified atom stereocenters. The van der Waals surface area contributed by atoms with E-state index in [1.165, 1.54) is 45.4 Å². The van der Waals surface area contributed by atoms with Crippen molar-refractivity contribution < 1.29 is 14.0 Å². The Hall–Kier alpha value is -2.30. The number of hydrogen-bond donors (Lipinski definition) is 1. The fraction of sp³-hybridized carbons (Fsp3) is 0.222. The third-order valence-corrected chi connectivity index (χ3v) is 7.27. The molecule has 1 aliphatic rings. The number of hydrogen-bond acceptors (Lipinski definition) is 7. The number of thioether (sulfide) groups is 1. The van der Waals surface area contributed by atoms with Crippen molar-refractivity contribution in [3.05, 3.63) is 52.5 Å². The van der Waals surface area contributed by atoms with Crippen molar-refractivity contribution in [3.63, 3.8) is 0 Å². The molecule has 0 bridgehead atoms. The molecule has 3 aromatic rings. The number of aromatic nitrogens is 2. The number of anilines is 2. The fourth-order valence-electron chi connectivity index (χ4n) is 2.81. The van der Waals surface area contributed by atoms with Crippen molar-refractivity contribution in [2.75, 3.05) is 16.8 Å². The van der Waals surface area contributed by atoms with Gasteiger partial charge >= 0.3 is 0 Å². The molecule has 1 saturated heterocycles. The van der Waals surface area contributed by atoms with E-state index in [-0.39, 0.29) is 30.6 Å². The number of amides is 2. The van der Waals surface area contributed by atoms with Gasteiger partial charge in [0.2, 0.25) is 16.9 Å². The highest BCUT2D eigenvalue weighted by Crippen LogP contribution is 2.31. The largest absolute Gasteiger partial charge is 0.312 e. The second-order valence-corrected chi connectivity index (χ2v) is 9.34. The lowest BCUT2D eigenvalue weighted by molar-refractivity contribution is -0.122. The molecule has 0 radical (unpaired) electrons. The van der Waals surface area contributed by atoms with Gasteiger partial charge in [-0.1, -0.05) is 29.2 Å². The molecule has 1 atom stereocenters. The molecule has 144 valence electrons. The van der Waals surface area contributed by atoms with Gasteiger partial charge in [0.15, 0.2) is 4.34 Å². The zero-order chi connectivity index (χ0) is 19.5. The zero-order valence-electron chi connectivity index (χ0n) is 14.5. The van der Waals surface area contributed by atoms with Gasteiger partial charge < -0.3 is 10.2 Å². The van der Waals surface area contributed by atoms with Crippen LogP contribution in [0.25, 0.3) is 0 Å². The standard InChI is InChI=1S/C18H15FN4O2S3/c19-12-3-5-13(6-4-12)23-9-11(8-15(23)24)16(25)20-17-21-22-18(28-17)27-10-14-2-1-7-26-14/h1-7,11H,8-10H2,(H,20,21,25). The third kappa shape index (κ3) is 4.40. The number of benzene rings is 1. The van der Waals surface area contributed by atoms with Crippen LogP contribution in [-0.4, -0.2) is 28.6 Å². The number of nitrogens with zero attached hydrogens (tertiary/aromatic N) is 3. The Bertz CT molecular complexity index is 975. The van der Waals surface area contributed by atoms with Crippen LogP contribution in [0.4, 0.5) is 15.2 Å². The van der Waals surface area contributed by atoms with Crippen molar-refractivity contribution >= 4 is 57.1 Å². The van der Waals surface area contributed by atoms with Crippen LogP contribution < -0.4 is 10.2 Å². The maximum absolute atomic E-state index is 13.1. The number of thiophene rings is 1. The summed E-state index contributed by atoms with van der Waals surface area (Å²) in [4.78, 5) is 27.5. The van der Waals surface area contributed by atoms with E-state index in [0.29, 0.717) is 10.8 Å². The van der Waals surface area contributed by atoms with E-state index in [0.717, 1.165) is 10.1 Å². The summed E-state index contributed by atoms with van der Waals surface area (Å²) in [5, 5.41) is 13.3. The summed E-state index contributed by atoms with van der Waals surface area (Å²) in [6, 6.07) is 9.74. The van der Waals surface area contributed by atoms with Crippen molar-refractivity contribution in [2.24, 2.45) is 5.92 Å². The molecule has 0 aliphatic carbocycles. The van der Waals surface area contributed by atoms with Gasteiger partial charge in [0.1, 0.15) is 5.82 Å². The molecule has 6 nitrogen and oxygen atoms in total. The fourth-order valence-corrected chi connectivity index (χ4v) is 5.34. The zero-order valence-corrected chi connectivity index (χ0v) is 17.0. The highest BCUT2D eigenvalue weighted by molar-refractivity contribution is 8.00. The van der Waals surface area contributed by atoms with Crippen LogP contribution in [0.1, 0.15) is 11.3 Å². The van der Waals surface area contributed by atoms with Gasteiger partial charge in [0.25, 0.3) is 0 Å². The van der Waals surface area contributed by atoms with Crippen LogP contribution in [0.3, 0.4) is 0 Å². The van der Waals surface area contributed by atoms with Gasteiger partial charge in [0, 0.05) is 29.3 Å². The first-order valence-electron chi connectivity index (χ1n) is 8.44. The molecule has 4 rings (SSSR count). The molecule has 1 aliphatic heterocycles. The molecule has 1 fully saturated rings. The summed E-state index contributed by atoms with van der Waals surface area (Å²) < 4.78 is 13.9. The van der Waals surface area contributed by atoms with E-state index in [1.807, 2.05) is 11.4 Å². The number of carbonyl (C=O) groups is 2. The predicted molar refractivity (Wildman–Crippen MR) is 109 cm³/mol. The number of nitrogens with one attached hydrogen (secondary N) is 1. The normalized spacial score (nSPS) is 16.5. The maximum Gasteiger partial charge on any atom is 0.231 e.